The number of aromatic nitrogens is 2. The van der Waals surface area contributed by atoms with Gasteiger partial charge in [-0.3, -0.25) is 4.57 Å². The molecule has 2 aromatic rings. The zero-order valence-corrected chi connectivity index (χ0v) is 10.0. The van der Waals surface area contributed by atoms with Crippen molar-refractivity contribution in [1.82, 2.24) is 9.55 Å². The van der Waals surface area contributed by atoms with Crippen molar-refractivity contribution in [3.05, 3.63) is 64.1 Å². The van der Waals surface area contributed by atoms with Gasteiger partial charge >= 0.3 is 5.69 Å². The molecule has 0 aliphatic rings. The highest BCUT2D eigenvalue weighted by Gasteiger charge is 2.02. The molecule has 0 atom stereocenters. The van der Waals surface area contributed by atoms with E-state index in [1.807, 2.05) is 0 Å². The number of hydrogen-bond acceptors (Lipinski definition) is 3. The summed E-state index contributed by atoms with van der Waals surface area (Å²) in [5.41, 5.74) is 0.674. The van der Waals surface area contributed by atoms with Gasteiger partial charge in [0.25, 0.3) is 0 Å². The van der Waals surface area contributed by atoms with E-state index in [1.54, 1.807) is 18.3 Å². The minimum atomic E-state index is -0.434. The number of rotatable bonds is 2. The fourth-order valence-corrected chi connectivity index (χ4v) is 1.66. The Morgan fingerprint density at radius 3 is 2.95 bits per heavy atom. The summed E-state index contributed by atoms with van der Waals surface area (Å²) in [5.74, 6) is 4.65. The highest BCUT2D eigenvalue weighted by atomic mass is 19.1. The van der Waals surface area contributed by atoms with Gasteiger partial charge in [-0.1, -0.05) is 11.8 Å². The van der Waals surface area contributed by atoms with Crippen LogP contribution in [-0.2, 0) is 6.54 Å². The number of halogens is 1. The van der Waals surface area contributed by atoms with Gasteiger partial charge in [0, 0.05) is 18.0 Å². The third-order valence-corrected chi connectivity index (χ3v) is 2.41. The maximum Gasteiger partial charge on any atom is 0.347 e. The third kappa shape index (κ3) is 3.50. The molecule has 0 saturated carbocycles. The van der Waals surface area contributed by atoms with Crippen molar-refractivity contribution >= 4 is 0 Å². The van der Waals surface area contributed by atoms with Gasteiger partial charge in [-0.15, -0.1) is 0 Å². The lowest BCUT2D eigenvalue weighted by Gasteiger charge is -2.05. The molecule has 0 bridgehead atoms. The number of benzene rings is 1. The molecule has 0 fully saturated rings. The molecule has 0 saturated heterocycles. The first-order chi connectivity index (χ1) is 9.19. The van der Waals surface area contributed by atoms with Crippen LogP contribution >= 0.6 is 0 Å². The summed E-state index contributed by atoms with van der Waals surface area (Å²) in [6.45, 7) is -0.0633. The molecular formula is C14H11FN2O2. The van der Waals surface area contributed by atoms with Crippen molar-refractivity contribution in [3.8, 4) is 11.8 Å². The van der Waals surface area contributed by atoms with Crippen LogP contribution in [0.3, 0.4) is 0 Å². The quantitative estimate of drug-likeness (QED) is 0.810. The summed E-state index contributed by atoms with van der Waals surface area (Å²) in [5, 5.41) is 8.62. The standard InChI is InChI=1S/C14H11FN2O2/c15-13-8-11(3-1-6-18)7-12(9-13)10-17-5-2-4-16-14(17)19/h2,4-5,7-9,18H,6,10H2. The number of nitrogens with zero attached hydrogens (tertiary/aromatic N) is 2. The van der Waals surface area contributed by atoms with Crippen LogP contribution in [0.4, 0.5) is 4.39 Å². The average molecular weight is 258 g/mol. The number of hydrogen-bond donors (Lipinski definition) is 1. The Hall–Kier alpha value is -2.45. The Morgan fingerprint density at radius 1 is 1.37 bits per heavy atom. The molecule has 0 amide bonds. The molecule has 4 nitrogen and oxygen atoms in total. The lowest BCUT2D eigenvalue weighted by Crippen LogP contribution is -2.21. The van der Waals surface area contributed by atoms with Gasteiger partial charge < -0.3 is 5.11 Å². The van der Waals surface area contributed by atoms with Gasteiger partial charge in [-0.2, -0.15) is 0 Å². The molecular weight excluding hydrogens is 247 g/mol. The summed E-state index contributed by atoms with van der Waals surface area (Å²) in [6, 6.07) is 5.92. The van der Waals surface area contributed by atoms with Crippen LogP contribution < -0.4 is 5.69 Å². The Labute approximate surface area is 109 Å². The summed E-state index contributed by atoms with van der Waals surface area (Å²) < 4.78 is 14.8. The minimum Gasteiger partial charge on any atom is -0.384 e. The van der Waals surface area contributed by atoms with Crippen LogP contribution in [0.25, 0.3) is 0 Å². The SMILES string of the molecule is O=c1ncccn1Cc1cc(F)cc(C#CCO)c1. The van der Waals surface area contributed by atoms with Crippen molar-refractivity contribution in [3.63, 3.8) is 0 Å². The second-order valence-corrected chi connectivity index (χ2v) is 3.84. The maximum atomic E-state index is 13.4. The van der Waals surface area contributed by atoms with E-state index in [1.165, 1.54) is 22.9 Å². The van der Waals surface area contributed by atoms with Gasteiger partial charge in [0.1, 0.15) is 12.4 Å². The van der Waals surface area contributed by atoms with Crippen LogP contribution in [0, 0.1) is 17.7 Å². The molecule has 0 aliphatic carbocycles. The van der Waals surface area contributed by atoms with E-state index >= 15 is 0 Å². The van der Waals surface area contributed by atoms with Crippen molar-refractivity contribution < 1.29 is 9.50 Å². The fraction of sp³-hybridized carbons (Fsp3) is 0.143. The zero-order valence-electron chi connectivity index (χ0n) is 10.0. The van der Waals surface area contributed by atoms with Gasteiger partial charge in [-0.25, -0.2) is 14.2 Å². The van der Waals surface area contributed by atoms with Crippen molar-refractivity contribution in [2.75, 3.05) is 6.61 Å². The maximum absolute atomic E-state index is 13.4. The van der Waals surface area contributed by atoms with E-state index in [-0.39, 0.29) is 13.2 Å². The first-order valence-electron chi connectivity index (χ1n) is 5.59. The summed E-state index contributed by atoms with van der Waals surface area (Å²) >= 11 is 0. The molecule has 1 aromatic carbocycles. The Kier molecular flexibility index (Phi) is 4.06. The first kappa shape index (κ1) is 13.0. The molecule has 0 aliphatic heterocycles. The van der Waals surface area contributed by atoms with Crippen LogP contribution in [0.5, 0.6) is 0 Å². The largest absolute Gasteiger partial charge is 0.384 e. The molecule has 1 N–H and O–H groups in total. The predicted octanol–water partition coefficient (Wildman–Crippen LogP) is 0.775. The fourth-order valence-electron chi connectivity index (χ4n) is 1.66. The van der Waals surface area contributed by atoms with Crippen LogP contribution in [0.15, 0.2) is 41.5 Å². The van der Waals surface area contributed by atoms with E-state index < -0.39 is 11.5 Å². The molecule has 0 spiro atoms. The van der Waals surface area contributed by atoms with Crippen LogP contribution in [0.1, 0.15) is 11.1 Å². The average Bonchev–Trinajstić information content (AvgIpc) is 2.38. The molecule has 19 heavy (non-hydrogen) atoms. The normalized spacial score (nSPS) is 9.79. The number of aliphatic hydroxyl groups is 1. The van der Waals surface area contributed by atoms with Gasteiger partial charge in [0.05, 0.1) is 6.54 Å². The number of aliphatic hydroxyl groups excluding tert-OH is 1. The molecule has 96 valence electrons. The van der Waals surface area contributed by atoms with Gasteiger partial charge in [-0.05, 0) is 29.8 Å². The Bertz CT molecular complexity index is 698. The minimum absolute atomic E-state index is 0.220. The highest BCUT2D eigenvalue weighted by Crippen LogP contribution is 2.09. The van der Waals surface area contributed by atoms with Crippen molar-refractivity contribution in [2.45, 2.75) is 6.54 Å². The van der Waals surface area contributed by atoms with E-state index in [4.69, 9.17) is 5.11 Å². The molecule has 1 heterocycles. The van der Waals surface area contributed by atoms with E-state index in [0.29, 0.717) is 11.1 Å². The van der Waals surface area contributed by atoms with Gasteiger partial charge in [0.2, 0.25) is 0 Å². The first-order valence-corrected chi connectivity index (χ1v) is 5.59. The topological polar surface area (TPSA) is 55.1 Å². The van der Waals surface area contributed by atoms with E-state index in [9.17, 15) is 9.18 Å². The van der Waals surface area contributed by atoms with E-state index in [2.05, 4.69) is 16.8 Å². The Balaban J connectivity index is 2.33. The van der Waals surface area contributed by atoms with Crippen molar-refractivity contribution in [2.24, 2.45) is 0 Å². The third-order valence-electron chi connectivity index (χ3n) is 2.41. The predicted molar refractivity (Wildman–Crippen MR) is 68.0 cm³/mol. The second kappa shape index (κ2) is 5.94. The van der Waals surface area contributed by atoms with Gasteiger partial charge in [0.15, 0.2) is 0 Å². The lowest BCUT2D eigenvalue weighted by molar-refractivity contribution is 0.350. The molecule has 1 aromatic heterocycles. The smallest absolute Gasteiger partial charge is 0.347 e. The summed E-state index contributed by atoms with van der Waals surface area (Å²) in [7, 11) is 0. The van der Waals surface area contributed by atoms with Crippen LogP contribution in [-0.4, -0.2) is 21.3 Å². The second-order valence-electron chi connectivity index (χ2n) is 3.84. The molecule has 0 radical (unpaired) electrons. The van der Waals surface area contributed by atoms with E-state index in [0.717, 1.165) is 0 Å². The van der Waals surface area contributed by atoms with Crippen molar-refractivity contribution in [1.29, 1.82) is 0 Å². The summed E-state index contributed by atoms with van der Waals surface area (Å²) in [6.07, 6.45) is 2.99. The molecule has 0 unspecified atom stereocenters. The zero-order chi connectivity index (χ0) is 13.7. The summed E-state index contributed by atoms with van der Waals surface area (Å²) in [4.78, 5) is 15.1. The highest BCUT2D eigenvalue weighted by molar-refractivity contribution is 5.37. The molecule has 5 heteroatoms. The monoisotopic (exact) mass is 258 g/mol. The lowest BCUT2D eigenvalue weighted by atomic mass is 10.1. The van der Waals surface area contributed by atoms with Crippen LogP contribution in [0.2, 0.25) is 0 Å². The molecule has 2 rings (SSSR count). The Morgan fingerprint density at radius 2 is 2.21 bits per heavy atom.